The van der Waals surface area contributed by atoms with Gasteiger partial charge >= 0.3 is 39.5 Å². The van der Waals surface area contributed by atoms with E-state index in [1.807, 2.05) is 0 Å². The monoisotopic (exact) mass is 1200 g/mol. The van der Waals surface area contributed by atoms with Crippen molar-refractivity contribution in [3.63, 3.8) is 0 Å². The first-order chi connectivity index (χ1) is 38.7. The van der Waals surface area contributed by atoms with Gasteiger partial charge in [-0.15, -0.1) is 0 Å². The van der Waals surface area contributed by atoms with E-state index in [0.29, 0.717) is 31.6 Å². The van der Waals surface area contributed by atoms with Crippen LogP contribution < -0.4 is 0 Å². The molecular formula is C62H120O17P2. The summed E-state index contributed by atoms with van der Waals surface area (Å²) in [6.45, 7) is 11.6. The number of hydrogen-bond donors (Lipinski definition) is 3. The molecule has 0 heterocycles. The van der Waals surface area contributed by atoms with Crippen molar-refractivity contribution in [2.75, 3.05) is 39.6 Å². The van der Waals surface area contributed by atoms with Gasteiger partial charge in [0, 0.05) is 25.7 Å². The van der Waals surface area contributed by atoms with E-state index in [-0.39, 0.29) is 25.7 Å². The first kappa shape index (κ1) is 79.1. The molecule has 0 saturated heterocycles. The molecule has 0 saturated carbocycles. The summed E-state index contributed by atoms with van der Waals surface area (Å²) in [5.41, 5.74) is 0. The highest BCUT2D eigenvalue weighted by atomic mass is 31.2. The molecule has 81 heavy (non-hydrogen) atoms. The van der Waals surface area contributed by atoms with Gasteiger partial charge in [-0.2, -0.15) is 0 Å². The van der Waals surface area contributed by atoms with Gasteiger partial charge in [0.15, 0.2) is 12.2 Å². The normalized spacial score (nSPS) is 14.4. The van der Waals surface area contributed by atoms with E-state index in [0.717, 1.165) is 115 Å². The SMILES string of the molecule is CCCCCCCCCC(=O)OC[C@H](COP(=O)(O)OC[C@H](O)COP(=O)(O)OC[C@@H](COC(=O)CCCCCCCCCCCC(C)C)OC(=O)CCCCCCCCCCCCC(C)C)OC(=O)CCCCCCCCC(C)C. The molecule has 0 aliphatic heterocycles. The zero-order chi connectivity index (χ0) is 60.3. The summed E-state index contributed by atoms with van der Waals surface area (Å²) in [5.74, 6) is 0.0189. The number of phosphoric acid groups is 2. The van der Waals surface area contributed by atoms with Gasteiger partial charge in [-0.1, -0.05) is 248 Å². The van der Waals surface area contributed by atoms with E-state index in [1.165, 1.54) is 96.3 Å². The molecule has 0 bridgehead atoms. The Morgan fingerprint density at radius 1 is 0.333 bits per heavy atom. The average Bonchev–Trinajstić information content (AvgIpc) is 3.41. The number of carbonyl (C=O) groups is 4. The quantitative estimate of drug-likeness (QED) is 0.0222. The van der Waals surface area contributed by atoms with Crippen molar-refractivity contribution in [3.05, 3.63) is 0 Å². The Balaban J connectivity index is 5.22. The van der Waals surface area contributed by atoms with Crippen molar-refractivity contribution in [2.45, 2.75) is 317 Å². The van der Waals surface area contributed by atoms with Crippen LogP contribution in [0.15, 0.2) is 0 Å². The van der Waals surface area contributed by atoms with Gasteiger partial charge < -0.3 is 33.8 Å². The Hall–Kier alpha value is -1.94. The summed E-state index contributed by atoms with van der Waals surface area (Å²) in [4.78, 5) is 72.0. The van der Waals surface area contributed by atoms with Gasteiger partial charge in [-0.3, -0.25) is 37.3 Å². The molecule has 0 aromatic rings. The molecule has 0 fully saturated rings. The van der Waals surface area contributed by atoms with Crippen LogP contribution in [0, 0.1) is 17.8 Å². The molecule has 0 rings (SSSR count). The predicted molar refractivity (Wildman–Crippen MR) is 321 cm³/mol. The van der Waals surface area contributed by atoms with Crippen LogP contribution in [0.3, 0.4) is 0 Å². The highest BCUT2D eigenvalue weighted by Crippen LogP contribution is 2.45. The minimum Gasteiger partial charge on any atom is -0.462 e. The molecule has 0 amide bonds. The molecule has 480 valence electrons. The molecule has 0 spiro atoms. The molecule has 5 atom stereocenters. The van der Waals surface area contributed by atoms with E-state index in [1.54, 1.807) is 0 Å². The van der Waals surface area contributed by atoms with Crippen LogP contribution in [0.5, 0.6) is 0 Å². The molecule has 3 N–H and O–H groups in total. The Bertz CT molecular complexity index is 1610. The van der Waals surface area contributed by atoms with Crippen molar-refractivity contribution in [1.29, 1.82) is 0 Å². The van der Waals surface area contributed by atoms with E-state index in [9.17, 15) is 43.2 Å². The number of esters is 4. The number of rotatable bonds is 60. The number of aliphatic hydroxyl groups is 1. The van der Waals surface area contributed by atoms with Crippen molar-refractivity contribution in [2.24, 2.45) is 17.8 Å². The number of hydrogen-bond acceptors (Lipinski definition) is 15. The van der Waals surface area contributed by atoms with Crippen LogP contribution in [-0.2, 0) is 65.4 Å². The summed E-state index contributed by atoms with van der Waals surface area (Å²) in [6, 6.07) is 0. The number of unbranched alkanes of at least 4 members (excludes halogenated alkanes) is 28. The number of phosphoric ester groups is 2. The van der Waals surface area contributed by atoms with Crippen molar-refractivity contribution >= 4 is 39.5 Å². The van der Waals surface area contributed by atoms with Crippen LogP contribution in [0.25, 0.3) is 0 Å². The second kappa shape index (κ2) is 53.5. The van der Waals surface area contributed by atoms with E-state index in [2.05, 4.69) is 48.5 Å². The van der Waals surface area contributed by atoms with E-state index < -0.39 is 97.5 Å². The fourth-order valence-corrected chi connectivity index (χ4v) is 10.7. The lowest BCUT2D eigenvalue weighted by Gasteiger charge is -2.21. The van der Waals surface area contributed by atoms with Gasteiger partial charge in [-0.05, 0) is 43.4 Å². The summed E-state index contributed by atoms with van der Waals surface area (Å²) in [6.07, 6.45) is 33.7. The topological polar surface area (TPSA) is 237 Å². The first-order valence-electron chi connectivity index (χ1n) is 32.3. The molecule has 0 aliphatic carbocycles. The maximum atomic E-state index is 13.0. The number of ether oxygens (including phenoxy) is 4. The molecular weight excluding hydrogens is 1080 g/mol. The minimum absolute atomic E-state index is 0.101. The summed E-state index contributed by atoms with van der Waals surface area (Å²) in [5, 5.41) is 10.5. The third kappa shape index (κ3) is 56.9. The molecule has 2 unspecified atom stereocenters. The van der Waals surface area contributed by atoms with Crippen molar-refractivity contribution in [1.82, 2.24) is 0 Å². The second-order valence-corrected chi connectivity index (χ2v) is 26.8. The third-order valence-corrected chi connectivity index (χ3v) is 16.0. The Morgan fingerprint density at radius 3 is 0.840 bits per heavy atom. The second-order valence-electron chi connectivity index (χ2n) is 23.9. The standard InChI is InChI=1S/C62H120O17P2/c1-8-9-10-11-19-29-36-43-59(64)72-49-58(79-62(67)46-39-32-25-24-28-35-42-55(6)7)52-77-81(70,71)75-48-56(63)47-74-80(68,69)76-51-57(50-73-60(65)44-37-30-22-18-14-16-21-27-34-41-54(4)5)78-61(66)45-38-31-23-17-13-12-15-20-26-33-40-53(2)3/h53-58,63H,8-52H2,1-7H3,(H,68,69)(H,70,71)/t56-,57-,58-/m1/s1. The zero-order valence-corrected chi connectivity index (χ0v) is 54.0. The largest absolute Gasteiger partial charge is 0.472 e. The van der Waals surface area contributed by atoms with Crippen LogP contribution in [0.1, 0.15) is 299 Å². The maximum Gasteiger partial charge on any atom is 0.472 e. The number of aliphatic hydroxyl groups excluding tert-OH is 1. The Morgan fingerprint density at radius 2 is 0.568 bits per heavy atom. The molecule has 0 radical (unpaired) electrons. The molecule has 0 aliphatic rings. The lowest BCUT2D eigenvalue weighted by atomic mass is 10.0. The smallest absolute Gasteiger partial charge is 0.462 e. The van der Waals surface area contributed by atoms with Gasteiger partial charge in [0.25, 0.3) is 0 Å². The van der Waals surface area contributed by atoms with Crippen LogP contribution in [0.4, 0.5) is 0 Å². The van der Waals surface area contributed by atoms with Crippen molar-refractivity contribution in [3.8, 4) is 0 Å². The zero-order valence-electron chi connectivity index (χ0n) is 52.2. The summed E-state index contributed by atoms with van der Waals surface area (Å²) in [7, 11) is -9.88. The lowest BCUT2D eigenvalue weighted by molar-refractivity contribution is -0.161. The molecule has 17 nitrogen and oxygen atoms in total. The van der Waals surface area contributed by atoms with Gasteiger partial charge in [0.2, 0.25) is 0 Å². The van der Waals surface area contributed by atoms with Gasteiger partial charge in [0.1, 0.15) is 19.3 Å². The average molecular weight is 1200 g/mol. The Kier molecular flexibility index (Phi) is 52.2. The predicted octanol–water partition coefficient (Wildman–Crippen LogP) is 16.7. The fraction of sp³-hybridized carbons (Fsp3) is 0.935. The highest BCUT2D eigenvalue weighted by Gasteiger charge is 2.30. The van der Waals surface area contributed by atoms with Crippen LogP contribution in [0.2, 0.25) is 0 Å². The molecule has 19 heteroatoms. The summed E-state index contributed by atoms with van der Waals surface area (Å²) >= 11 is 0. The number of carbonyl (C=O) groups excluding carboxylic acids is 4. The third-order valence-electron chi connectivity index (χ3n) is 14.1. The molecule has 0 aromatic carbocycles. The fourth-order valence-electron chi connectivity index (χ4n) is 9.13. The Labute approximate surface area is 492 Å². The minimum atomic E-state index is -4.94. The molecule has 0 aromatic heterocycles. The van der Waals surface area contributed by atoms with E-state index >= 15 is 0 Å². The van der Waals surface area contributed by atoms with Crippen molar-refractivity contribution < 1.29 is 80.2 Å². The first-order valence-corrected chi connectivity index (χ1v) is 35.3. The van der Waals surface area contributed by atoms with Crippen LogP contribution in [-0.4, -0.2) is 96.7 Å². The lowest BCUT2D eigenvalue weighted by Crippen LogP contribution is -2.30. The highest BCUT2D eigenvalue weighted by molar-refractivity contribution is 7.47. The van der Waals surface area contributed by atoms with Gasteiger partial charge in [-0.25, -0.2) is 9.13 Å². The van der Waals surface area contributed by atoms with E-state index in [4.69, 9.17) is 37.0 Å². The van der Waals surface area contributed by atoms with Crippen LogP contribution >= 0.6 is 15.6 Å². The maximum absolute atomic E-state index is 13.0. The van der Waals surface area contributed by atoms with Gasteiger partial charge in [0.05, 0.1) is 26.4 Å². The summed E-state index contributed by atoms with van der Waals surface area (Å²) < 4.78 is 67.8.